The van der Waals surface area contributed by atoms with Crippen LogP contribution in [0.2, 0.25) is 0 Å². The van der Waals surface area contributed by atoms with E-state index < -0.39 is 17.9 Å². The number of hydrogen-bond acceptors (Lipinski definition) is 3. The summed E-state index contributed by atoms with van der Waals surface area (Å²) in [6, 6.07) is 17.7. The van der Waals surface area contributed by atoms with E-state index in [1.165, 1.54) is 41.4 Å². The van der Waals surface area contributed by atoms with Crippen LogP contribution in [0.4, 0.5) is 8.78 Å². The third kappa shape index (κ3) is 4.37. The lowest BCUT2D eigenvalue weighted by atomic mass is 9.77. The highest BCUT2D eigenvalue weighted by atomic mass is 19.1. The average molecular weight is 472 g/mol. The molecule has 35 heavy (non-hydrogen) atoms. The summed E-state index contributed by atoms with van der Waals surface area (Å²) in [7, 11) is 0. The summed E-state index contributed by atoms with van der Waals surface area (Å²) in [6.07, 6.45) is 4.33. The topological polar surface area (TPSA) is 70.0 Å². The second kappa shape index (κ2) is 9.25. The molecule has 1 fully saturated rings. The van der Waals surface area contributed by atoms with Gasteiger partial charge in [0.2, 0.25) is 0 Å². The third-order valence-electron chi connectivity index (χ3n) is 6.52. The summed E-state index contributed by atoms with van der Waals surface area (Å²) < 4.78 is 27.1. The number of rotatable bonds is 4. The van der Waals surface area contributed by atoms with Gasteiger partial charge in [-0.05, 0) is 78.4 Å². The van der Waals surface area contributed by atoms with Gasteiger partial charge in [-0.15, -0.1) is 0 Å². The number of carbonyl (C=O) groups excluding carboxylic acids is 1. The fourth-order valence-corrected chi connectivity index (χ4v) is 4.90. The molecule has 0 unspecified atom stereocenters. The van der Waals surface area contributed by atoms with Crippen LogP contribution in [-0.4, -0.2) is 27.7 Å². The normalized spacial score (nSPS) is 20.5. The van der Waals surface area contributed by atoms with Gasteiger partial charge in [0.1, 0.15) is 11.6 Å². The Bertz CT molecular complexity index is 1350. The van der Waals surface area contributed by atoms with E-state index in [0.717, 1.165) is 41.7 Å². The highest BCUT2D eigenvalue weighted by Crippen LogP contribution is 2.45. The van der Waals surface area contributed by atoms with Crippen LogP contribution in [0.25, 0.3) is 6.08 Å². The van der Waals surface area contributed by atoms with Gasteiger partial charge < -0.3 is 5.11 Å². The van der Waals surface area contributed by atoms with Gasteiger partial charge in [-0.2, -0.15) is 5.10 Å². The molecule has 2 aliphatic rings. The number of aromatic carboxylic acids is 1. The van der Waals surface area contributed by atoms with E-state index in [1.54, 1.807) is 36.4 Å². The molecule has 0 radical (unpaired) electrons. The number of hydrogen-bond donors (Lipinski definition) is 1. The Morgan fingerprint density at radius 2 is 1.54 bits per heavy atom. The monoisotopic (exact) mass is 472 g/mol. The Labute approximate surface area is 201 Å². The summed E-state index contributed by atoms with van der Waals surface area (Å²) in [6.45, 7) is 0. The van der Waals surface area contributed by atoms with Crippen LogP contribution in [-0.2, 0) is 0 Å². The average Bonchev–Trinajstić information content (AvgIpc) is 3.26. The first-order valence-electron chi connectivity index (χ1n) is 11.4. The molecule has 5 nitrogen and oxygen atoms in total. The number of carboxylic acid groups (broad SMARTS) is 1. The Morgan fingerprint density at radius 3 is 2.20 bits per heavy atom. The van der Waals surface area contributed by atoms with E-state index >= 15 is 0 Å². The molecule has 7 heteroatoms. The molecule has 1 aliphatic carbocycles. The number of hydrazone groups is 1. The van der Waals surface area contributed by atoms with Crippen LogP contribution >= 0.6 is 0 Å². The van der Waals surface area contributed by atoms with Crippen molar-refractivity contribution in [3.8, 4) is 0 Å². The molecule has 0 bridgehead atoms. The Morgan fingerprint density at radius 1 is 0.914 bits per heavy atom. The van der Waals surface area contributed by atoms with Gasteiger partial charge in [0.25, 0.3) is 5.91 Å². The first kappa shape index (κ1) is 22.7. The third-order valence-corrected chi connectivity index (χ3v) is 6.52. The SMILES string of the molecule is O=C(O)c1ccccc1C(=O)N1N=C2/C(=C\c3ccc(F)cc3)CCC[C@@H]2[C@@H]1c1ccc(F)cc1. The lowest BCUT2D eigenvalue weighted by Crippen LogP contribution is -2.32. The molecule has 2 atom stereocenters. The second-order valence-corrected chi connectivity index (χ2v) is 8.70. The molecule has 3 aromatic rings. The molecule has 5 rings (SSSR count). The molecular weight excluding hydrogens is 450 g/mol. The maximum atomic E-state index is 13.7. The summed E-state index contributed by atoms with van der Waals surface area (Å²) in [5, 5.41) is 15.7. The van der Waals surface area contributed by atoms with Gasteiger partial charge in [0, 0.05) is 5.92 Å². The van der Waals surface area contributed by atoms with Gasteiger partial charge in [-0.25, -0.2) is 18.6 Å². The smallest absolute Gasteiger partial charge is 0.336 e. The number of halogens is 2. The Kier molecular flexibility index (Phi) is 5.99. The van der Waals surface area contributed by atoms with Crippen molar-refractivity contribution in [3.05, 3.63) is 112 Å². The van der Waals surface area contributed by atoms with Crippen LogP contribution < -0.4 is 0 Å². The van der Waals surface area contributed by atoms with Crippen LogP contribution in [0.3, 0.4) is 0 Å². The Balaban J connectivity index is 1.60. The van der Waals surface area contributed by atoms with Gasteiger partial charge >= 0.3 is 5.97 Å². The minimum absolute atomic E-state index is 0.0409. The highest BCUT2D eigenvalue weighted by molar-refractivity contribution is 6.10. The molecule has 0 spiro atoms. The zero-order valence-corrected chi connectivity index (χ0v) is 18.7. The lowest BCUT2D eigenvalue weighted by Gasteiger charge is -2.30. The van der Waals surface area contributed by atoms with E-state index in [0.29, 0.717) is 0 Å². The van der Waals surface area contributed by atoms with E-state index in [1.807, 2.05) is 6.08 Å². The molecule has 176 valence electrons. The van der Waals surface area contributed by atoms with E-state index in [4.69, 9.17) is 5.10 Å². The predicted octanol–water partition coefficient (Wildman–Crippen LogP) is 6.10. The summed E-state index contributed by atoms with van der Waals surface area (Å²) in [4.78, 5) is 25.5. The largest absolute Gasteiger partial charge is 0.478 e. The number of carbonyl (C=O) groups is 2. The standard InChI is InChI=1S/C28H22F2N2O3/c29-20-12-8-17(9-13-20)16-19-4-3-7-24-25(19)31-32(26(24)18-10-14-21(30)15-11-18)27(33)22-5-1-2-6-23(22)28(34)35/h1-2,5-6,8-16,24,26H,3-4,7H2,(H,34,35)/b19-16-/t24-,26-/m0/s1. The van der Waals surface area contributed by atoms with Crippen molar-refractivity contribution in [1.82, 2.24) is 5.01 Å². The van der Waals surface area contributed by atoms with Crippen molar-refractivity contribution in [2.75, 3.05) is 0 Å². The summed E-state index contributed by atoms with van der Waals surface area (Å²) >= 11 is 0. The molecule has 1 saturated carbocycles. The van der Waals surface area contributed by atoms with Crippen molar-refractivity contribution in [2.45, 2.75) is 25.3 Å². The van der Waals surface area contributed by atoms with Crippen molar-refractivity contribution in [1.29, 1.82) is 0 Å². The van der Waals surface area contributed by atoms with Crippen LogP contribution in [0, 0.1) is 17.6 Å². The Hall–Kier alpha value is -4.13. The van der Waals surface area contributed by atoms with Gasteiger partial charge in [-0.3, -0.25) is 4.79 Å². The maximum Gasteiger partial charge on any atom is 0.336 e. The zero-order chi connectivity index (χ0) is 24.5. The van der Waals surface area contributed by atoms with Gasteiger partial charge in [-0.1, -0.05) is 36.4 Å². The molecule has 1 amide bonds. The zero-order valence-electron chi connectivity index (χ0n) is 18.7. The second-order valence-electron chi connectivity index (χ2n) is 8.70. The fourth-order valence-electron chi connectivity index (χ4n) is 4.90. The number of amides is 1. The lowest BCUT2D eigenvalue weighted by molar-refractivity contribution is 0.0645. The summed E-state index contributed by atoms with van der Waals surface area (Å²) in [5.74, 6) is -2.57. The van der Waals surface area contributed by atoms with E-state index in [-0.39, 0.29) is 28.7 Å². The van der Waals surface area contributed by atoms with E-state index in [9.17, 15) is 23.5 Å². The summed E-state index contributed by atoms with van der Waals surface area (Å²) in [5.41, 5.74) is 3.17. The fraction of sp³-hybridized carbons (Fsp3) is 0.179. The quantitative estimate of drug-likeness (QED) is 0.499. The molecule has 0 saturated heterocycles. The van der Waals surface area contributed by atoms with Crippen LogP contribution in [0.15, 0.2) is 83.5 Å². The van der Waals surface area contributed by atoms with Crippen LogP contribution in [0.1, 0.15) is 57.1 Å². The number of benzene rings is 3. The molecular formula is C28H22F2N2O3. The minimum Gasteiger partial charge on any atom is -0.478 e. The number of allylic oxidation sites excluding steroid dienone is 1. The van der Waals surface area contributed by atoms with Crippen molar-refractivity contribution in [2.24, 2.45) is 11.0 Å². The molecule has 0 aromatic heterocycles. The van der Waals surface area contributed by atoms with Crippen molar-refractivity contribution < 1.29 is 23.5 Å². The molecule has 1 heterocycles. The minimum atomic E-state index is -1.20. The first-order chi connectivity index (χ1) is 16.9. The molecule has 3 aromatic carbocycles. The number of nitrogens with zero attached hydrogens (tertiary/aromatic N) is 2. The number of fused-ring (bicyclic) bond motifs is 1. The van der Waals surface area contributed by atoms with Crippen molar-refractivity contribution in [3.63, 3.8) is 0 Å². The number of carboxylic acids is 1. The first-order valence-corrected chi connectivity index (χ1v) is 11.4. The highest BCUT2D eigenvalue weighted by Gasteiger charge is 2.44. The molecule has 1 aliphatic heterocycles. The maximum absolute atomic E-state index is 13.7. The molecule has 1 N–H and O–H groups in total. The van der Waals surface area contributed by atoms with Crippen LogP contribution in [0.5, 0.6) is 0 Å². The van der Waals surface area contributed by atoms with Crippen molar-refractivity contribution >= 4 is 23.7 Å². The van der Waals surface area contributed by atoms with Gasteiger partial charge in [0.15, 0.2) is 0 Å². The van der Waals surface area contributed by atoms with Gasteiger partial charge in [0.05, 0.1) is 22.9 Å². The predicted molar refractivity (Wildman–Crippen MR) is 128 cm³/mol. The van der Waals surface area contributed by atoms with E-state index in [2.05, 4.69) is 0 Å².